The standard InChI is InChI=1S/C23H17N2O.ClHO4/c1-3-13-21-17(9-1)23(18-10-2-4-14-22(18)26-21)25-16-8-6-12-20(25)19-11-5-7-15-24-19;2-1(3,4)5/h1-16,23H;(H,2,3,4,5)/q+1;/p-1. The fraction of sp³-hybridized carbons (Fsp3) is 0.0435. The second kappa shape index (κ2) is 8.81. The van der Waals surface area contributed by atoms with Crippen LogP contribution in [0.4, 0.5) is 0 Å². The topological polar surface area (TPSA) is 118 Å². The first-order valence-corrected chi connectivity index (χ1v) is 10.5. The molecule has 7 nitrogen and oxygen atoms in total. The summed E-state index contributed by atoms with van der Waals surface area (Å²) in [6.45, 7) is 0. The van der Waals surface area contributed by atoms with Crippen molar-refractivity contribution in [1.82, 2.24) is 4.98 Å². The van der Waals surface area contributed by atoms with Crippen LogP contribution in [0.25, 0.3) is 11.4 Å². The van der Waals surface area contributed by atoms with Gasteiger partial charge in [0.15, 0.2) is 6.20 Å². The molecule has 0 spiro atoms. The molecule has 0 unspecified atom stereocenters. The fourth-order valence-electron chi connectivity index (χ4n) is 3.60. The summed E-state index contributed by atoms with van der Waals surface area (Å²) >= 11 is 0. The molecule has 0 saturated heterocycles. The second-order valence-corrected chi connectivity index (χ2v) is 7.42. The van der Waals surface area contributed by atoms with E-state index in [2.05, 4.69) is 58.2 Å². The molecule has 0 amide bonds. The van der Waals surface area contributed by atoms with E-state index >= 15 is 0 Å². The summed E-state index contributed by atoms with van der Waals surface area (Å²) in [6.07, 6.45) is 3.95. The maximum atomic E-state index is 8.49. The van der Waals surface area contributed by atoms with Crippen molar-refractivity contribution in [2.75, 3.05) is 0 Å². The Morgan fingerprint density at radius 1 is 0.710 bits per heavy atom. The average molecular weight is 437 g/mol. The number of aromatic nitrogens is 2. The molecule has 8 heteroatoms. The van der Waals surface area contributed by atoms with Gasteiger partial charge < -0.3 is 4.74 Å². The van der Waals surface area contributed by atoms with Crippen molar-refractivity contribution >= 4 is 0 Å². The number of halogens is 1. The first-order chi connectivity index (χ1) is 14.9. The third-order valence-corrected chi connectivity index (χ3v) is 4.74. The molecule has 0 bridgehead atoms. The summed E-state index contributed by atoms with van der Waals surface area (Å²) in [7, 11) is -4.94. The lowest BCUT2D eigenvalue weighted by molar-refractivity contribution is -2.00. The first-order valence-electron chi connectivity index (χ1n) is 9.31. The summed E-state index contributed by atoms with van der Waals surface area (Å²) in [5, 5.41) is 0. The predicted octanol–water partition coefficient (Wildman–Crippen LogP) is 0.0235. The van der Waals surface area contributed by atoms with Crippen LogP contribution in [-0.2, 0) is 0 Å². The number of hydrogen-bond donors (Lipinski definition) is 0. The van der Waals surface area contributed by atoms with Gasteiger partial charge in [-0.15, -0.1) is 10.2 Å². The zero-order valence-electron chi connectivity index (χ0n) is 16.1. The monoisotopic (exact) mass is 436 g/mol. The van der Waals surface area contributed by atoms with Gasteiger partial charge in [-0.1, -0.05) is 30.3 Å². The second-order valence-electron chi connectivity index (χ2n) is 6.67. The lowest BCUT2D eigenvalue weighted by atomic mass is 9.93. The number of benzene rings is 2. The van der Waals surface area contributed by atoms with Gasteiger partial charge in [0.2, 0.25) is 11.7 Å². The highest BCUT2D eigenvalue weighted by Gasteiger charge is 2.35. The Balaban J connectivity index is 0.000000418. The Morgan fingerprint density at radius 2 is 1.26 bits per heavy atom. The van der Waals surface area contributed by atoms with E-state index in [0.29, 0.717) is 0 Å². The van der Waals surface area contributed by atoms with Crippen LogP contribution in [-0.4, -0.2) is 4.98 Å². The number of hydrogen-bond acceptors (Lipinski definition) is 6. The van der Waals surface area contributed by atoms with Crippen molar-refractivity contribution in [3.8, 4) is 22.9 Å². The molecular weight excluding hydrogens is 420 g/mol. The molecule has 0 radical (unpaired) electrons. The molecule has 0 fully saturated rings. The molecule has 31 heavy (non-hydrogen) atoms. The summed E-state index contributed by atoms with van der Waals surface area (Å²) < 4.78 is 42.4. The van der Waals surface area contributed by atoms with E-state index < -0.39 is 10.2 Å². The Hall–Kier alpha value is -3.33. The minimum atomic E-state index is -4.94. The van der Waals surface area contributed by atoms with Gasteiger partial charge in [0.05, 0.1) is 11.1 Å². The number of fused-ring (bicyclic) bond motifs is 2. The van der Waals surface area contributed by atoms with Crippen LogP contribution >= 0.6 is 0 Å². The zero-order chi connectivity index (χ0) is 21.8. The van der Waals surface area contributed by atoms with E-state index in [0.717, 1.165) is 34.0 Å². The van der Waals surface area contributed by atoms with Gasteiger partial charge in [-0.25, -0.2) is 23.6 Å². The molecule has 0 aliphatic carbocycles. The van der Waals surface area contributed by atoms with Crippen LogP contribution in [0.5, 0.6) is 11.5 Å². The lowest BCUT2D eigenvalue weighted by Gasteiger charge is -2.25. The molecule has 2 aromatic heterocycles. The molecule has 2 aromatic carbocycles. The van der Waals surface area contributed by atoms with Crippen LogP contribution in [0.2, 0.25) is 0 Å². The van der Waals surface area contributed by atoms with Crippen molar-refractivity contribution in [2.45, 2.75) is 6.04 Å². The number of pyridine rings is 2. The van der Waals surface area contributed by atoms with Crippen LogP contribution < -0.4 is 27.9 Å². The van der Waals surface area contributed by atoms with Crippen LogP contribution in [0.1, 0.15) is 17.2 Å². The Morgan fingerprint density at radius 3 is 1.84 bits per heavy atom. The Labute approximate surface area is 180 Å². The molecule has 0 saturated carbocycles. The maximum Gasteiger partial charge on any atom is 0.231 e. The summed E-state index contributed by atoms with van der Waals surface area (Å²) in [6, 6.07) is 28.8. The highest BCUT2D eigenvalue weighted by Crippen LogP contribution is 2.42. The minimum absolute atomic E-state index is 0.0364. The van der Waals surface area contributed by atoms with Crippen molar-refractivity contribution in [2.24, 2.45) is 0 Å². The van der Waals surface area contributed by atoms with Gasteiger partial charge in [-0.3, -0.25) is 0 Å². The van der Waals surface area contributed by atoms with Gasteiger partial charge in [0.25, 0.3) is 0 Å². The summed E-state index contributed by atoms with van der Waals surface area (Å²) in [5.41, 5.74) is 4.33. The van der Waals surface area contributed by atoms with Gasteiger partial charge in [0.1, 0.15) is 17.2 Å². The minimum Gasteiger partial charge on any atom is -0.456 e. The summed E-state index contributed by atoms with van der Waals surface area (Å²) in [4.78, 5) is 4.56. The van der Waals surface area contributed by atoms with Gasteiger partial charge in [-0.05, 0) is 42.5 Å². The zero-order valence-corrected chi connectivity index (χ0v) is 16.9. The molecule has 4 aromatic rings. The van der Waals surface area contributed by atoms with Crippen molar-refractivity contribution in [3.63, 3.8) is 0 Å². The quantitative estimate of drug-likeness (QED) is 0.360. The molecule has 0 atom stereocenters. The average Bonchev–Trinajstić information content (AvgIpc) is 2.77. The molecule has 3 heterocycles. The van der Waals surface area contributed by atoms with E-state index in [1.165, 1.54) is 0 Å². The molecule has 0 N–H and O–H groups in total. The van der Waals surface area contributed by atoms with E-state index in [4.69, 9.17) is 23.4 Å². The largest absolute Gasteiger partial charge is 0.456 e. The molecular formula is C23H17ClN2O5. The highest BCUT2D eigenvalue weighted by atomic mass is 35.7. The van der Waals surface area contributed by atoms with Gasteiger partial charge in [0, 0.05) is 18.3 Å². The maximum absolute atomic E-state index is 8.49. The smallest absolute Gasteiger partial charge is 0.231 e. The normalized spacial score (nSPS) is 12.6. The van der Waals surface area contributed by atoms with Crippen molar-refractivity contribution in [1.29, 1.82) is 0 Å². The van der Waals surface area contributed by atoms with Crippen LogP contribution in [0.15, 0.2) is 97.3 Å². The predicted molar refractivity (Wildman–Crippen MR) is 100 cm³/mol. The van der Waals surface area contributed by atoms with Gasteiger partial charge >= 0.3 is 0 Å². The number of nitrogens with zero attached hydrogens (tertiary/aromatic N) is 2. The Bertz CT molecular complexity index is 1130. The molecule has 1 aliphatic heterocycles. The van der Waals surface area contributed by atoms with Crippen molar-refractivity contribution < 1.29 is 38.2 Å². The highest BCUT2D eigenvalue weighted by molar-refractivity contribution is 5.54. The van der Waals surface area contributed by atoms with E-state index in [1.807, 2.05) is 48.7 Å². The van der Waals surface area contributed by atoms with E-state index in [-0.39, 0.29) is 6.04 Å². The lowest BCUT2D eigenvalue weighted by Crippen LogP contribution is -2.68. The molecule has 5 rings (SSSR count). The first kappa shape index (κ1) is 20.9. The Kier molecular flexibility index (Phi) is 5.94. The van der Waals surface area contributed by atoms with Crippen molar-refractivity contribution in [3.05, 3.63) is 108 Å². The number of para-hydroxylation sites is 2. The summed E-state index contributed by atoms with van der Waals surface area (Å²) in [5.74, 6) is 1.80. The number of ether oxygens (including phenoxy) is 1. The third-order valence-electron chi connectivity index (χ3n) is 4.74. The SMILES string of the molecule is [O-][Cl+3]([O-])([O-])[O-].c1ccc(-c2cccc[n+]2C2c3ccccc3Oc3ccccc32)nc1. The van der Waals surface area contributed by atoms with E-state index in [1.54, 1.807) is 0 Å². The van der Waals surface area contributed by atoms with Gasteiger partial charge in [-0.2, -0.15) is 4.57 Å². The van der Waals surface area contributed by atoms with Crippen LogP contribution in [0, 0.1) is 10.2 Å². The molecule has 156 valence electrons. The fourth-order valence-corrected chi connectivity index (χ4v) is 3.60. The molecule has 1 aliphatic rings. The van der Waals surface area contributed by atoms with Crippen LogP contribution in [0.3, 0.4) is 0 Å². The van der Waals surface area contributed by atoms with E-state index in [9.17, 15) is 0 Å². The number of rotatable bonds is 2. The third kappa shape index (κ3) is 4.88.